The number of nitrogens with zero attached hydrogens (tertiary/aromatic N) is 5. The van der Waals surface area contributed by atoms with Crippen molar-refractivity contribution >= 4 is 11.7 Å². The second-order valence-corrected chi connectivity index (χ2v) is 5.98. The normalized spacial score (nSPS) is 15.9. The molecule has 0 aliphatic carbocycles. The lowest BCUT2D eigenvalue weighted by atomic mass is 9.97. The maximum Gasteiger partial charge on any atom is 0.254 e. The standard InChI is InChI=1S/C18H16N6O2/c25-16-10-14(13-6-8-19-11-21-13)22-17-12(4-3-9-24(16)17)18(26)23-15-5-1-2-7-20-15/h1-2,5-8,10-12H,3-4,9H2,(H,20,23,26). The predicted octanol–water partition coefficient (Wildman–Crippen LogP) is 1.61. The summed E-state index contributed by atoms with van der Waals surface area (Å²) in [6, 6.07) is 8.43. The Morgan fingerprint density at radius 3 is 2.85 bits per heavy atom. The lowest BCUT2D eigenvalue weighted by Gasteiger charge is -2.25. The molecule has 1 aliphatic rings. The minimum atomic E-state index is -0.514. The van der Waals surface area contributed by atoms with Crippen LogP contribution in [0.4, 0.5) is 5.82 Å². The summed E-state index contributed by atoms with van der Waals surface area (Å²) in [5.74, 6) is 0.207. The van der Waals surface area contributed by atoms with Crippen molar-refractivity contribution in [2.45, 2.75) is 25.3 Å². The van der Waals surface area contributed by atoms with Crippen molar-refractivity contribution < 1.29 is 4.79 Å². The van der Waals surface area contributed by atoms with Crippen LogP contribution in [0.5, 0.6) is 0 Å². The summed E-state index contributed by atoms with van der Waals surface area (Å²) in [6.45, 7) is 0.554. The molecule has 1 aliphatic heterocycles. The van der Waals surface area contributed by atoms with Gasteiger partial charge in [0.15, 0.2) is 0 Å². The first kappa shape index (κ1) is 16.1. The molecule has 8 heteroatoms. The Morgan fingerprint density at radius 1 is 1.15 bits per heavy atom. The molecule has 8 nitrogen and oxygen atoms in total. The summed E-state index contributed by atoms with van der Waals surface area (Å²) < 4.78 is 1.57. The summed E-state index contributed by atoms with van der Waals surface area (Å²) in [5, 5.41) is 2.80. The van der Waals surface area contributed by atoms with Crippen molar-refractivity contribution in [2.75, 3.05) is 5.32 Å². The molecule has 1 amide bonds. The number of anilines is 1. The van der Waals surface area contributed by atoms with Crippen molar-refractivity contribution in [1.29, 1.82) is 0 Å². The number of fused-ring (bicyclic) bond motifs is 1. The van der Waals surface area contributed by atoms with E-state index in [1.54, 1.807) is 41.2 Å². The van der Waals surface area contributed by atoms with E-state index in [0.717, 1.165) is 6.42 Å². The van der Waals surface area contributed by atoms with Crippen LogP contribution in [-0.2, 0) is 11.3 Å². The molecular formula is C18H16N6O2. The first-order valence-electron chi connectivity index (χ1n) is 8.32. The molecule has 0 aromatic carbocycles. The quantitative estimate of drug-likeness (QED) is 0.771. The van der Waals surface area contributed by atoms with Crippen molar-refractivity contribution in [1.82, 2.24) is 24.5 Å². The van der Waals surface area contributed by atoms with Crippen LogP contribution in [0.2, 0.25) is 0 Å². The van der Waals surface area contributed by atoms with Crippen LogP contribution in [-0.4, -0.2) is 30.4 Å². The number of pyridine rings is 1. The van der Waals surface area contributed by atoms with Gasteiger partial charge in [-0.2, -0.15) is 0 Å². The van der Waals surface area contributed by atoms with Gasteiger partial charge in [0.05, 0.1) is 17.3 Å². The number of carbonyl (C=O) groups excluding carboxylic acids is 1. The zero-order valence-corrected chi connectivity index (χ0v) is 13.9. The van der Waals surface area contributed by atoms with Gasteiger partial charge in [-0.3, -0.25) is 14.2 Å². The minimum Gasteiger partial charge on any atom is -0.310 e. The van der Waals surface area contributed by atoms with Crippen molar-refractivity contribution in [2.24, 2.45) is 0 Å². The summed E-state index contributed by atoms with van der Waals surface area (Å²) >= 11 is 0. The third-order valence-electron chi connectivity index (χ3n) is 4.30. The molecule has 3 aromatic rings. The van der Waals surface area contributed by atoms with Gasteiger partial charge in [-0.1, -0.05) is 6.07 Å². The summed E-state index contributed by atoms with van der Waals surface area (Å²) in [4.78, 5) is 42.0. The molecule has 26 heavy (non-hydrogen) atoms. The third kappa shape index (κ3) is 3.08. The maximum atomic E-state index is 12.8. The predicted molar refractivity (Wildman–Crippen MR) is 94.4 cm³/mol. The van der Waals surface area contributed by atoms with Gasteiger partial charge in [0.2, 0.25) is 5.91 Å². The van der Waals surface area contributed by atoms with Gasteiger partial charge in [0, 0.05) is 25.0 Å². The van der Waals surface area contributed by atoms with E-state index in [4.69, 9.17) is 0 Å². The molecule has 4 heterocycles. The summed E-state index contributed by atoms with van der Waals surface area (Å²) in [5.41, 5.74) is 0.815. The second-order valence-electron chi connectivity index (χ2n) is 5.98. The van der Waals surface area contributed by atoms with E-state index in [0.29, 0.717) is 36.0 Å². The van der Waals surface area contributed by atoms with Crippen LogP contribution in [0.25, 0.3) is 11.4 Å². The van der Waals surface area contributed by atoms with Crippen LogP contribution in [0.3, 0.4) is 0 Å². The van der Waals surface area contributed by atoms with E-state index in [-0.39, 0.29) is 11.5 Å². The highest BCUT2D eigenvalue weighted by Crippen LogP contribution is 2.27. The molecule has 0 bridgehead atoms. The molecule has 1 N–H and O–H groups in total. The Kier molecular flexibility index (Phi) is 4.22. The van der Waals surface area contributed by atoms with Crippen LogP contribution in [0, 0.1) is 0 Å². The highest BCUT2D eigenvalue weighted by Gasteiger charge is 2.30. The number of carbonyl (C=O) groups is 1. The number of rotatable bonds is 3. The average molecular weight is 348 g/mol. The average Bonchev–Trinajstić information content (AvgIpc) is 2.69. The molecule has 0 saturated heterocycles. The molecular weight excluding hydrogens is 332 g/mol. The fraction of sp³-hybridized carbons (Fsp3) is 0.222. The van der Waals surface area contributed by atoms with Crippen molar-refractivity contribution in [3.8, 4) is 11.4 Å². The summed E-state index contributed by atoms with van der Waals surface area (Å²) in [7, 11) is 0. The maximum absolute atomic E-state index is 12.8. The number of hydrogen-bond acceptors (Lipinski definition) is 6. The topological polar surface area (TPSA) is 103 Å². The largest absolute Gasteiger partial charge is 0.310 e. The molecule has 4 rings (SSSR count). The van der Waals surface area contributed by atoms with Crippen LogP contribution >= 0.6 is 0 Å². The first-order valence-corrected chi connectivity index (χ1v) is 8.32. The fourth-order valence-corrected chi connectivity index (χ4v) is 3.07. The first-order chi connectivity index (χ1) is 12.7. The lowest BCUT2D eigenvalue weighted by Crippen LogP contribution is -2.35. The van der Waals surface area contributed by atoms with Crippen LogP contribution < -0.4 is 10.9 Å². The Morgan fingerprint density at radius 2 is 2.08 bits per heavy atom. The third-order valence-corrected chi connectivity index (χ3v) is 4.30. The van der Waals surface area contributed by atoms with Gasteiger partial charge in [0.25, 0.3) is 5.56 Å². The molecule has 0 radical (unpaired) electrons. The van der Waals surface area contributed by atoms with Crippen molar-refractivity contribution in [3.05, 3.63) is 65.2 Å². The summed E-state index contributed by atoms with van der Waals surface area (Å²) in [6.07, 6.45) is 5.96. The van der Waals surface area contributed by atoms with Crippen LogP contribution in [0.1, 0.15) is 24.6 Å². The molecule has 3 aromatic heterocycles. The SMILES string of the molecule is O=C(Nc1ccccn1)C1CCCn2c1nc(-c1ccncn1)cc2=O. The van der Waals surface area contributed by atoms with Gasteiger partial charge in [-0.05, 0) is 31.0 Å². The molecule has 0 spiro atoms. The second kappa shape index (κ2) is 6.83. The van der Waals surface area contributed by atoms with Gasteiger partial charge in [0.1, 0.15) is 18.0 Å². The molecule has 0 fully saturated rings. The smallest absolute Gasteiger partial charge is 0.254 e. The van der Waals surface area contributed by atoms with Crippen molar-refractivity contribution in [3.63, 3.8) is 0 Å². The monoisotopic (exact) mass is 348 g/mol. The van der Waals surface area contributed by atoms with E-state index in [9.17, 15) is 9.59 Å². The minimum absolute atomic E-state index is 0.182. The molecule has 0 saturated carbocycles. The zero-order chi connectivity index (χ0) is 17.9. The highest BCUT2D eigenvalue weighted by molar-refractivity contribution is 5.94. The number of hydrogen-bond donors (Lipinski definition) is 1. The van der Waals surface area contributed by atoms with E-state index in [2.05, 4.69) is 25.3 Å². The fourth-order valence-electron chi connectivity index (χ4n) is 3.07. The Labute approximate surface area is 149 Å². The zero-order valence-electron chi connectivity index (χ0n) is 13.9. The Bertz CT molecular complexity index is 988. The Balaban J connectivity index is 1.71. The Hall–Kier alpha value is -3.42. The van der Waals surface area contributed by atoms with Crippen LogP contribution in [0.15, 0.2) is 53.8 Å². The molecule has 1 atom stereocenters. The number of nitrogens with one attached hydrogen (secondary N) is 1. The van der Waals surface area contributed by atoms with Gasteiger partial charge in [-0.15, -0.1) is 0 Å². The van der Waals surface area contributed by atoms with Gasteiger partial charge < -0.3 is 5.32 Å². The lowest BCUT2D eigenvalue weighted by molar-refractivity contribution is -0.118. The van der Waals surface area contributed by atoms with E-state index < -0.39 is 5.92 Å². The van der Waals surface area contributed by atoms with Gasteiger partial charge >= 0.3 is 0 Å². The number of aromatic nitrogens is 5. The number of amides is 1. The van der Waals surface area contributed by atoms with E-state index >= 15 is 0 Å². The van der Waals surface area contributed by atoms with E-state index in [1.807, 2.05) is 0 Å². The van der Waals surface area contributed by atoms with E-state index in [1.165, 1.54) is 12.4 Å². The molecule has 130 valence electrons. The molecule has 1 unspecified atom stereocenters. The van der Waals surface area contributed by atoms with Gasteiger partial charge in [-0.25, -0.2) is 19.9 Å². The highest BCUT2D eigenvalue weighted by atomic mass is 16.2.